The Morgan fingerprint density at radius 1 is 1.07 bits per heavy atom. The minimum Gasteiger partial charge on any atom is -0.416 e. The van der Waals surface area contributed by atoms with E-state index in [0.29, 0.717) is 43.0 Å². The zero-order valence-electron chi connectivity index (χ0n) is 20.1. The van der Waals surface area contributed by atoms with Crippen LogP contribution in [0.2, 0.25) is 18.1 Å². The van der Waals surface area contributed by atoms with Gasteiger partial charge < -0.3 is 14.6 Å². The summed E-state index contributed by atoms with van der Waals surface area (Å²) in [4.78, 5) is 12.7. The van der Waals surface area contributed by atoms with Crippen molar-refractivity contribution in [1.29, 1.82) is 0 Å². The van der Waals surface area contributed by atoms with Gasteiger partial charge in [0.15, 0.2) is 8.32 Å². The Balaban J connectivity index is 1.70. The Bertz CT molecular complexity index is 700. The highest BCUT2D eigenvalue weighted by Gasteiger charge is 2.68. The van der Waals surface area contributed by atoms with Crippen LogP contribution < -0.4 is 0 Å². The van der Waals surface area contributed by atoms with E-state index in [1.165, 1.54) is 0 Å². The van der Waals surface area contributed by atoms with Gasteiger partial charge in [0.25, 0.3) is 0 Å². The van der Waals surface area contributed by atoms with E-state index in [-0.39, 0.29) is 15.9 Å². The van der Waals surface area contributed by atoms with Gasteiger partial charge >= 0.3 is 0 Å². The normalized spacial score (nSPS) is 46.9. The standard InChI is InChI=1S/C25H44O4Si/c1-22(2,3)30(5,6)29-16-24-13-7-8-21(27)25(24,28)15-11-17-18-9-10-20(26)23(18,4)14-12-19(17)24/h17-19,21,27-28H,7-16H2,1-6H3/t17-,18-,19-,21-,23-,24-,25-/m0/s1. The maximum Gasteiger partial charge on any atom is 0.192 e. The number of carbonyl (C=O) groups is 1. The molecule has 5 heteroatoms. The number of Topliss-reactive ketones (excluding diaryl/α,β-unsaturated/α-hetero) is 1. The third-order valence-corrected chi connectivity index (χ3v) is 15.2. The summed E-state index contributed by atoms with van der Waals surface area (Å²) in [7, 11) is -1.98. The van der Waals surface area contributed by atoms with Crippen molar-refractivity contribution in [3.05, 3.63) is 0 Å². The molecule has 4 rings (SSSR count). The van der Waals surface area contributed by atoms with Crippen molar-refractivity contribution in [2.24, 2.45) is 28.6 Å². The molecule has 4 saturated carbocycles. The van der Waals surface area contributed by atoms with Gasteiger partial charge in [-0.1, -0.05) is 34.1 Å². The van der Waals surface area contributed by atoms with Gasteiger partial charge in [0, 0.05) is 23.9 Å². The molecule has 0 unspecified atom stereocenters. The summed E-state index contributed by atoms with van der Waals surface area (Å²) in [6, 6.07) is 0. The van der Waals surface area contributed by atoms with E-state index >= 15 is 0 Å². The third-order valence-electron chi connectivity index (χ3n) is 10.7. The first-order valence-electron chi connectivity index (χ1n) is 12.4. The number of ketones is 1. The Morgan fingerprint density at radius 3 is 2.43 bits per heavy atom. The van der Waals surface area contributed by atoms with Gasteiger partial charge in [-0.25, -0.2) is 0 Å². The van der Waals surface area contributed by atoms with Crippen molar-refractivity contribution in [2.75, 3.05) is 6.61 Å². The topological polar surface area (TPSA) is 66.8 Å². The van der Waals surface area contributed by atoms with E-state index in [0.717, 1.165) is 44.9 Å². The van der Waals surface area contributed by atoms with Crippen LogP contribution in [0.15, 0.2) is 0 Å². The monoisotopic (exact) mass is 436 g/mol. The molecule has 0 heterocycles. The number of hydrogen-bond donors (Lipinski definition) is 2. The van der Waals surface area contributed by atoms with Crippen molar-refractivity contribution in [3.63, 3.8) is 0 Å². The highest BCUT2D eigenvalue weighted by Crippen LogP contribution is 2.67. The Morgan fingerprint density at radius 2 is 1.77 bits per heavy atom. The predicted molar refractivity (Wildman–Crippen MR) is 122 cm³/mol. The Hall–Kier alpha value is -0.233. The zero-order valence-corrected chi connectivity index (χ0v) is 21.1. The van der Waals surface area contributed by atoms with Crippen LogP contribution in [0.4, 0.5) is 0 Å². The molecular weight excluding hydrogens is 392 g/mol. The second kappa shape index (κ2) is 7.13. The van der Waals surface area contributed by atoms with Gasteiger partial charge in [-0.2, -0.15) is 0 Å². The third kappa shape index (κ3) is 3.05. The maximum atomic E-state index is 12.7. The summed E-state index contributed by atoms with van der Waals surface area (Å²) in [5, 5.41) is 23.2. The van der Waals surface area contributed by atoms with E-state index in [2.05, 4.69) is 40.8 Å². The number of carbonyl (C=O) groups excluding carboxylic acids is 1. The summed E-state index contributed by atoms with van der Waals surface area (Å²) in [5.41, 5.74) is -1.59. The van der Waals surface area contributed by atoms with E-state index in [9.17, 15) is 15.0 Å². The van der Waals surface area contributed by atoms with Crippen LogP contribution in [-0.2, 0) is 9.22 Å². The Labute approximate surface area is 184 Å². The minimum absolute atomic E-state index is 0.117. The van der Waals surface area contributed by atoms with Crippen LogP contribution in [0, 0.1) is 28.6 Å². The fraction of sp³-hybridized carbons (Fsp3) is 0.960. The molecule has 30 heavy (non-hydrogen) atoms. The number of hydrogen-bond acceptors (Lipinski definition) is 4. The number of aliphatic hydroxyl groups is 2. The zero-order chi connectivity index (χ0) is 22.2. The molecule has 0 saturated heterocycles. The molecule has 4 fully saturated rings. The summed E-state index contributed by atoms with van der Waals surface area (Å²) in [6.07, 6.45) is 7.17. The molecule has 0 bridgehead atoms. The maximum absolute atomic E-state index is 12.7. The minimum atomic E-state index is -1.98. The van der Waals surface area contributed by atoms with Gasteiger partial charge in [0.05, 0.1) is 11.7 Å². The van der Waals surface area contributed by atoms with Gasteiger partial charge in [-0.05, 0) is 80.8 Å². The molecule has 2 N–H and O–H groups in total. The Kier molecular flexibility index (Phi) is 5.45. The highest BCUT2D eigenvalue weighted by atomic mass is 28.4. The van der Waals surface area contributed by atoms with E-state index < -0.39 is 20.0 Å². The molecule has 0 aromatic rings. The van der Waals surface area contributed by atoms with Crippen LogP contribution in [0.3, 0.4) is 0 Å². The molecule has 0 aromatic heterocycles. The summed E-state index contributed by atoms with van der Waals surface area (Å²) in [6.45, 7) is 14.1. The van der Waals surface area contributed by atoms with Crippen LogP contribution >= 0.6 is 0 Å². The lowest BCUT2D eigenvalue weighted by molar-refractivity contribution is -0.260. The van der Waals surface area contributed by atoms with Crippen LogP contribution in [0.25, 0.3) is 0 Å². The molecule has 4 aliphatic carbocycles. The lowest BCUT2D eigenvalue weighted by atomic mass is 9.43. The fourth-order valence-electron chi connectivity index (χ4n) is 7.68. The first kappa shape index (κ1) is 22.9. The highest BCUT2D eigenvalue weighted by molar-refractivity contribution is 6.74. The summed E-state index contributed by atoms with van der Waals surface area (Å²) < 4.78 is 6.81. The molecule has 0 radical (unpaired) electrons. The second-order valence-electron chi connectivity index (χ2n) is 12.9. The van der Waals surface area contributed by atoms with Gasteiger partial charge in [0.2, 0.25) is 0 Å². The number of rotatable bonds is 3. The van der Waals surface area contributed by atoms with Gasteiger partial charge in [-0.15, -0.1) is 0 Å². The molecule has 4 aliphatic rings. The van der Waals surface area contributed by atoms with Crippen molar-refractivity contribution in [3.8, 4) is 0 Å². The van der Waals surface area contributed by atoms with Crippen LogP contribution in [0.1, 0.15) is 85.5 Å². The molecule has 172 valence electrons. The molecular formula is C25H44O4Si. The first-order valence-corrected chi connectivity index (χ1v) is 15.3. The largest absolute Gasteiger partial charge is 0.416 e. The number of fused-ring (bicyclic) bond motifs is 5. The first-order chi connectivity index (χ1) is 13.8. The number of aliphatic hydroxyl groups excluding tert-OH is 1. The lowest BCUT2D eigenvalue weighted by Crippen LogP contribution is -2.69. The van der Waals surface area contributed by atoms with E-state index in [1.807, 2.05) is 0 Å². The molecule has 0 aromatic carbocycles. The van der Waals surface area contributed by atoms with Crippen molar-refractivity contribution >= 4 is 14.1 Å². The molecule has 4 nitrogen and oxygen atoms in total. The fourth-order valence-corrected chi connectivity index (χ4v) is 8.74. The molecule has 0 spiro atoms. The summed E-state index contributed by atoms with van der Waals surface area (Å²) >= 11 is 0. The van der Waals surface area contributed by atoms with E-state index in [4.69, 9.17) is 4.43 Å². The van der Waals surface area contributed by atoms with Crippen LogP contribution in [-0.4, -0.2) is 42.6 Å². The second-order valence-corrected chi connectivity index (χ2v) is 17.7. The molecule has 7 atom stereocenters. The van der Waals surface area contributed by atoms with Crippen molar-refractivity contribution < 1.29 is 19.4 Å². The quantitative estimate of drug-likeness (QED) is 0.606. The molecule has 0 amide bonds. The van der Waals surface area contributed by atoms with Crippen molar-refractivity contribution in [2.45, 2.75) is 115 Å². The van der Waals surface area contributed by atoms with Crippen LogP contribution in [0.5, 0.6) is 0 Å². The SMILES string of the molecule is CC(C)(C)[Si](C)(C)OC[C@]12CCC[C@H](O)[C@@]1(O)CC[C@@H]1[C@@H]2CC[C@]2(C)C(=O)CC[C@@H]12. The summed E-state index contributed by atoms with van der Waals surface area (Å²) in [5.74, 6) is 1.72. The molecule has 0 aliphatic heterocycles. The van der Waals surface area contributed by atoms with Gasteiger partial charge in [0.1, 0.15) is 5.78 Å². The smallest absolute Gasteiger partial charge is 0.192 e. The van der Waals surface area contributed by atoms with E-state index in [1.54, 1.807) is 0 Å². The lowest BCUT2D eigenvalue weighted by Gasteiger charge is -2.65. The average Bonchev–Trinajstić information content (AvgIpc) is 2.96. The predicted octanol–water partition coefficient (Wildman–Crippen LogP) is 5.08. The van der Waals surface area contributed by atoms with Crippen molar-refractivity contribution in [1.82, 2.24) is 0 Å². The average molecular weight is 437 g/mol. The van der Waals surface area contributed by atoms with Gasteiger partial charge in [-0.3, -0.25) is 4.79 Å².